The van der Waals surface area contributed by atoms with Gasteiger partial charge in [0.05, 0.1) is 11.1 Å². The Bertz CT molecular complexity index is 2290. The Kier molecular flexibility index (Phi) is 14.4. The van der Waals surface area contributed by atoms with Gasteiger partial charge in [0.1, 0.15) is 11.4 Å². The van der Waals surface area contributed by atoms with Crippen LogP contribution < -0.4 is 0 Å². The fourth-order valence-electron chi connectivity index (χ4n) is 4.78. The fraction of sp³-hybridized carbons (Fsp3) is 0.552. The number of hydrogen-bond acceptors (Lipinski definition) is 5. The number of hydrogen-bond donors (Lipinski definition) is 0. The number of benzene rings is 1. The molecule has 0 aliphatic rings. The second kappa shape index (κ2) is 17.0. The molecule has 1 aromatic carbocycles. The lowest BCUT2D eigenvalue weighted by molar-refractivity contribution is -0.402. The molecule has 0 aliphatic heterocycles. The minimum Gasteiger partial charge on any atom is -0.226 e. The Morgan fingerprint density at radius 2 is 0.419 bits per heavy atom. The Morgan fingerprint density at radius 3 is 0.622 bits per heavy atom. The molecule has 45 heteroatoms. The quantitative estimate of drug-likeness (QED) is 0.119. The number of halogens is 40. The molecule has 2 aromatic heterocycles. The number of alkyl halides is 36. The van der Waals surface area contributed by atoms with Crippen molar-refractivity contribution in [1.29, 1.82) is 0 Å². The van der Waals surface area contributed by atoms with Gasteiger partial charge in [0.2, 0.25) is 11.6 Å². The average molecular weight is 1180 g/mol. The Hall–Kier alpha value is -5.49. The average Bonchev–Trinajstić information content (AvgIpc) is 3.20. The maximum absolute atomic E-state index is 15.6. The summed E-state index contributed by atoms with van der Waals surface area (Å²) >= 11 is 0. The molecule has 0 spiro atoms. The molecule has 3 aromatic rings. The molecule has 2 heterocycles. The first-order chi connectivity index (χ1) is 32.0. The van der Waals surface area contributed by atoms with Crippen molar-refractivity contribution in [2.24, 2.45) is 0 Å². The van der Waals surface area contributed by atoms with Crippen molar-refractivity contribution in [3.05, 3.63) is 52.4 Å². The Morgan fingerprint density at radius 1 is 0.230 bits per heavy atom. The van der Waals surface area contributed by atoms with Gasteiger partial charge >= 0.3 is 95.8 Å². The van der Waals surface area contributed by atoms with Crippen LogP contribution in [0.4, 0.5) is 176 Å². The molecule has 0 unspecified atom stereocenters. The SMILES string of the molecule is Fc1c(F)c(-c2nc(C(F)(F)C(F)(F)C(F)(F)C(F)(F)F)nc(C(F)(F)C(F)(F)C(F)(F)C(F)(F)F)n2)c(F)c(F)c1-c1nc(C(F)(F)C(F)(F)C(F)(F)C(F)(F)F)cc(C(F)(F)C(F)(F)C(F)(F)C(F)(F)F)n1. The van der Waals surface area contributed by atoms with Gasteiger partial charge in [-0.25, -0.2) is 42.5 Å². The Labute approximate surface area is 372 Å². The van der Waals surface area contributed by atoms with E-state index < -0.39 is 171 Å². The summed E-state index contributed by atoms with van der Waals surface area (Å²) in [6.45, 7) is 0. The first kappa shape index (κ1) is 62.8. The van der Waals surface area contributed by atoms with Gasteiger partial charge in [0.25, 0.3) is 0 Å². The number of aromatic nitrogens is 5. The molecule has 0 fully saturated rings. The highest BCUT2D eigenvalue weighted by atomic mass is 19.5. The normalized spacial score (nSPS) is 15.6. The van der Waals surface area contributed by atoms with Crippen molar-refractivity contribution in [2.75, 3.05) is 0 Å². The minimum atomic E-state index is -8.56. The zero-order chi connectivity index (χ0) is 59.2. The maximum atomic E-state index is 15.6. The topological polar surface area (TPSA) is 64.5 Å². The fourth-order valence-corrected chi connectivity index (χ4v) is 4.78. The highest BCUT2D eigenvalue weighted by Gasteiger charge is 2.87. The third-order valence-electron chi connectivity index (χ3n) is 8.86. The van der Waals surface area contributed by atoms with Crippen LogP contribution in [0.25, 0.3) is 22.8 Å². The highest BCUT2D eigenvalue weighted by molar-refractivity contribution is 5.67. The summed E-state index contributed by atoms with van der Waals surface area (Å²) in [6, 6.07) is -2.41. The van der Waals surface area contributed by atoms with E-state index in [1.807, 2.05) is 0 Å². The molecule has 74 heavy (non-hydrogen) atoms. The van der Waals surface area contributed by atoms with E-state index in [4.69, 9.17) is 0 Å². The lowest BCUT2D eigenvalue weighted by atomic mass is 9.96. The molecule has 0 saturated heterocycles. The van der Waals surface area contributed by atoms with Gasteiger partial charge in [0, 0.05) is 0 Å². The first-order valence-corrected chi connectivity index (χ1v) is 16.4. The molecule has 5 nitrogen and oxygen atoms in total. The van der Waals surface area contributed by atoms with Crippen LogP contribution in [0.2, 0.25) is 0 Å². The molecule has 0 atom stereocenters. The van der Waals surface area contributed by atoms with E-state index in [1.165, 1.54) is 19.9 Å². The summed E-state index contributed by atoms with van der Waals surface area (Å²) in [6.07, 6.45) is -32.4. The van der Waals surface area contributed by atoms with Crippen LogP contribution in [0.3, 0.4) is 0 Å². The van der Waals surface area contributed by atoms with Gasteiger partial charge in [-0.3, -0.25) is 0 Å². The zero-order valence-electron chi connectivity index (χ0n) is 31.9. The van der Waals surface area contributed by atoms with Crippen LogP contribution in [0.1, 0.15) is 23.0 Å². The second-order valence-corrected chi connectivity index (χ2v) is 13.7. The van der Waals surface area contributed by atoms with Gasteiger partial charge in [-0.2, -0.15) is 158 Å². The van der Waals surface area contributed by atoms with E-state index in [9.17, 15) is 158 Å². The largest absolute Gasteiger partial charge is 0.460 e. The summed E-state index contributed by atoms with van der Waals surface area (Å²) in [4.78, 5) is 6.34. The van der Waals surface area contributed by atoms with Gasteiger partial charge in [-0.05, 0) is 6.07 Å². The van der Waals surface area contributed by atoms with E-state index in [0.29, 0.717) is 0 Å². The van der Waals surface area contributed by atoms with Crippen LogP contribution in [-0.2, 0) is 23.7 Å². The third kappa shape index (κ3) is 8.57. The first-order valence-electron chi connectivity index (χ1n) is 16.4. The number of nitrogens with zero attached hydrogens (tertiary/aromatic N) is 5. The molecule has 0 saturated carbocycles. The van der Waals surface area contributed by atoms with Crippen molar-refractivity contribution in [3.8, 4) is 22.8 Å². The van der Waals surface area contributed by atoms with Gasteiger partial charge in [-0.1, -0.05) is 0 Å². The molecular weight excluding hydrogens is 1180 g/mol. The molecule has 0 bridgehead atoms. The van der Waals surface area contributed by atoms with E-state index >= 15 is 17.6 Å². The van der Waals surface area contributed by atoms with Crippen LogP contribution in [0, 0.1) is 23.3 Å². The molecule has 0 radical (unpaired) electrons. The summed E-state index contributed by atoms with van der Waals surface area (Å²) in [5.74, 6) is -135. The zero-order valence-corrected chi connectivity index (χ0v) is 31.9. The van der Waals surface area contributed by atoms with Crippen molar-refractivity contribution < 1.29 is 176 Å². The predicted octanol–water partition coefficient (Wildman–Crippen LogP) is 14.3. The monoisotopic (exact) mass is 1180 g/mol. The van der Waals surface area contributed by atoms with Crippen molar-refractivity contribution in [3.63, 3.8) is 0 Å². The summed E-state index contributed by atoms with van der Waals surface area (Å²) in [7, 11) is 0. The maximum Gasteiger partial charge on any atom is 0.460 e. The van der Waals surface area contributed by atoms with Crippen molar-refractivity contribution in [2.45, 2.75) is 95.8 Å². The van der Waals surface area contributed by atoms with Gasteiger partial charge < -0.3 is 0 Å². The van der Waals surface area contributed by atoms with E-state index in [0.717, 1.165) is 4.98 Å². The van der Waals surface area contributed by atoms with Crippen molar-refractivity contribution >= 4 is 0 Å². The lowest BCUT2D eigenvalue weighted by Crippen LogP contribution is -2.61. The van der Waals surface area contributed by atoms with Gasteiger partial charge in [-0.15, -0.1) is 0 Å². The van der Waals surface area contributed by atoms with Crippen molar-refractivity contribution in [1.82, 2.24) is 24.9 Å². The van der Waals surface area contributed by atoms with Crippen LogP contribution >= 0.6 is 0 Å². The molecule has 0 aliphatic carbocycles. The standard InChI is InChI=1S/C29HF40N5/c30-6-4(10-70-2(14(34,35)18(42,43)22(50,51)26(58,59)60)1-3(71-10)15(36,37)19(44,45)23(52,53)27(61,62)63)7(31)9(33)5(8(6)32)11-72-12(16(38,39)20(46,47)24(54,55)28(64,65)66)74-13(73-11)17(40,41)21(48,49)25(56,57)29(67,68)69/h1H. The molecule has 3 rings (SSSR count). The summed E-state index contributed by atoms with van der Waals surface area (Å²) in [5.41, 5.74) is -16.9. The lowest BCUT2D eigenvalue weighted by Gasteiger charge is -2.35. The van der Waals surface area contributed by atoms with E-state index in [-0.39, 0.29) is 0 Å². The molecule has 0 amide bonds. The summed E-state index contributed by atoms with van der Waals surface area (Å²) in [5, 5.41) is 0. The molecular formula is C29HF40N5. The van der Waals surface area contributed by atoms with Gasteiger partial charge in [0.15, 0.2) is 34.9 Å². The van der Waals surface area contributed by atoms with E-state index in [2.05, 4.69) is 0 Å². The van der Waals surface area contributed by atoms with E-state index in [1.54, 1.807) is 0 Å². The Balaban J connectivity index is 2.75. The minimum absolute atomic E-state index is 0.917. The number of rotatable bonds is 14. The highest BCUT2D eigenvalue weighted by Crippen LogP contribution is 2.61. The second-order valence-electron chi connectivity index (χ2n) is 13.7. The summed E-state index contributed by atoms with van der Waals surface area (Å²) < 4.78 is 557. The molecule has 422 valence electrons. The third-order valence-corrected chi connectivity index (χ3v) is 8.86. The van der Waals surface area contributed by atoms with Crippen LogP contribution in [-0.4, -0.2) is 97.0 Å². The van der Waals surface area contributed by atoms with Crippen LogP contribution in [0.5, 0.6) is 0 Å². The molecule has 0 N–H and O–H groups in total. The van der Waals surface area contributed by atoms with Crippen LogP contribution in [0.15, 0.2) is 6.07 Å². The predicted molar refractivity (Wildman–Crippen MR) is 145 cm³/mol. The smallest absolute Gasteiger partial charge is 0.226 e.